The molecule has 1 atom stereocenters. The van der Waals surface area contributed by atoms with E-state index in [1.165, 1.54) is 11.1 Å². The van der Waals surface area contributed by atoms with Crippen LogP contribution in [0.15, 0.2) is 34.1 Å². The molecule has 0 aliphatic carbocycles. The van der Waals surface area contributed by atoms with Crippen molar-refractivity contribution in [1.29, 1.82) is 0 Å². The molecule has 1 unspecified atom stereocenters. The lowest BCUT2D eigenvalue weighted by molar-refractivity contribution is 0.606. The van der Waals surface area contributed by atoms with Gasteiger partial charge in [-0.15, -0.1) is 10.2 Å². The Morgan fingerprint density at radius 3 is 2.72 bits per heavy atom. The number of nitrogens with one attached hydrogen (secondary N) is 1. The van der Waals surface area contributed by atoms with Crippen LogP contribution in [-0.2, 0) is 0 Å². The number of benzene rings is 1. The number of thioether (sulfide) groups is 1. The van der Waals surface area contributed by atoms with E-state index in [2.05, 4.69) is 53.6 Å². The van der Waals surface area contributed by atoms with Crippen LogP contribution in [0, 0.1) is 6.92 Å². The highest BCUT2D eigenvalue weighted by molar-refractivity contribution is 8.01. The topological polar surface area (TPSA) is 37.8 Å². The Labute approximate surface area is 116 Å². The average Bonchev–Trinajstić information content (AvgIpc) is 2.89. The van der Waals surface area contributed by atoms with Crippen LogP contribution in [0.1, 0.15) is 24.1 Å². The zero-order chi connectivity index (χ0) is 12.8. The quantitative estimate of drug-likeness (QED) is 0.823. The minimum Gasteiger partial charge on any atom is -0.309 e. The minimum absolute atomic E-state index is 0.365. The minimum atomic E-state index is 0.365. The van der Waals surface area contributed by atoms with Gasteiger partial charge in [-0.25, -0.2) is 0 Å². The predicted octanol–water partition coefficient (Wildman–Crippen LogP) is 3.29. The zero-order valence-electron chi connectivity index (χ0n) is 10.6. The Morgan fingerprint density at radius 2 is 2.11 bits per heavy atom. The maximum absolute atomic E-state index is 4.06. The highest BCUT2D eigenvalue weighted by atomic mass is 32.2. The van der Waals surface area contributed by atoms with Crippen molar-refractivity contribution >= 4 is 23.1 Å². The van der Waals surface area contributed by atoms with E-state index in [0.717, 1.165) is 16.6 Å². The number of nitrogens with zero attached hydrogens (tertiary/aromatic N) is 2. The highest BCUT2D eigenvalue weighted by Crippen LogP contribution is 2.25. The van der Waals surface area contributed by atoms with E-state index in [9.17, 15) is 0 Å². The molecule has 0 amide bonds. The molecule has 0 radical (unpaired) electrons. The third-order valence-electron chi connectivity index (χ3n) is 2.64. The molecule has 0 aliphatic rings. The van der Waals surface area contributed by atoms with Gasteiger partial charge in [-0.05, 0) is 19.0 Å². The van der Waals surface area contributed by atoms with Crippen molar-refractivity contribution in [2.45, 2.75) is 24.2 Å². The van der Waals surface area contributed by atoms with Crippen LogP contribution >= 0.6 is 23.1 Å². The fourth-order valence-electron chi connectivity index (χ4n) is 1.70. The van der Waals surface area contributed by atoms with Crippen LogP contribution < -0.4 is 5.32 Å². The van der Waals surface area contributed by atoms with Crippen molar-refractivity contribution in [3.05, 3.63) is 40.9 Å². The van der Waals surface area contributed by atoms with Crippen LogP contribution in [0.5, 0.6) is 0 Å². The van der Waals surface area contributed by atoms with Gasteiger partial charge in [0.2, 0.25) is 0 Å². The molecule has 1 aromatic heterocycles. The Bertz CT molecular complexity index is 454. The molecule has 18 heavy (non-hydrogen) atoms. The van der Waals surface area contributed by atoms with Crippen molar-refractivity contribution < 1.29 is 0 Å². The second-order valence-corrected chi connectivity index (χ2v) is 6.14. The summed E-state index contributed by atoms with van der Waals surface area (Å²) in [5.74, 6) is 0.978. The molecule has 1 aromatic carbocycles. The Hall–Kier alpha value is -0.910. The Morgan fingerprint density at radius 1 is 1.33 bits per heavy atom. The standard InChI is InChI=1S/C13H17N3S2/c1-3-14-12(8-17-13-16-15-9-18-13)11-6-4-10(2)5-7-11/h4-7,9,12,14H,3,8H2,1-2H3. The molecule has 1 N–H and O–H groups in total. The molecule has 0 spiro atoms. The average molecular weight is 279 g/mol. The molecule has 0 aliphatic heterocycles. The van der Waals surface area contributed by atoms with Gasteiger partial charge in [0.1, 0.15) is 5.51 Å². The summed E-state index contributed by atoms with van der Waals surface area (Å²) in [4.78, 5) is 0. The van der Waals surface area contributed by atoms with Crippen LogP contribution in [0.25, 0.3) is 0 Å². The molecular weight excluding hydrogens is 262 g/mol. The van der Waals surface area contributed by atoms with Crippen molar-refractivity contribution in [2.24, 2.45) is 0 Å². The Balaban J connectivity index is 2.01. The van der Waals surface area contributed by atoms with E-state index in [1.807, 2.05) is 0 Å². The van der Waals surface area contributed by atoms with E-state index in [1.54, 1.807) is 28.6 Å². The molecular formula is C13H17N3S2. The first-order valence-corrected chi connectivity index (χ1v) is 7.85. The van der Waals surface area contributed by atoms with Crippen LogP contribution in [0.4, 0.5) is 0 Å². The maximum Gasteiger partial charge on any atom is 0.174 e. The first-order chi connectivity index (χ1) is 8.79. The van der Waals surface area contributed by atoms with Crippen molar-refractivity contribution in [1.82, 2.24) is 15.5 Å². The van der Waals surface area contributed by atoms with Gasteiger partial charge in [-0.1, -0.05) is 59.9 Å². The van der Waals surface area contributed by atoms with Gasteiger partial charge < -0.3 is 5.32 Å². The first-order valence-electron chi connectivity index (χ1n) is 5.98. The van der Waals surface area contributed by atoms with Gasteiger partial charge in [-0.3, -0.25) is 0 Å². The van der Waals surface area contributed by atoms with E-state index < -0.39 is 0 Å². The normalized spacial score (nSPS) is 12.6. The SMILES string of the molecule is CCNC(CSc1nncs1)c1ccc(C)cc1. The molecule has 5 heteroatoms. The monoisotopic (exact) mass is 279 g/mol. The first kappa shape index (κ1) is 13.5. The summed E-state index contributed by atoms with van der Waals surface area (Å²) in [5.41, 5.74) is 4.40. The van der Waals surface area contributed by atoms with Crippen molar-refractivity contribution in [3.63, 3.8) is 0 Å². The lowest BCUT2D eigenvalue weighted by Crippen LogP contribution is -2.22. The second-order valence-electron chi connectivity index (χ2n) is 4.04. The largest absolute Gasteiger partial charge is 0.309 e. The zero-order valence-corrected chi connectivity index (χ0v) is 12.2. The third-order valence-corrected chi connectivity index (χ3v) is 4.60. The second kappa shape index (κ2) is 6.87. The van der Waals surface area contributed by atoms with Gasteiger partial charge in [-0.2, -0.15) is 0 Å². The van der Waals surface area contributed by atoms with E-state index >= 15 is 0 Å². The number of aromatic nitrogens is 2. The summed E-state index contributed by atoms with van der Waals surface area (Å²) < 4.78 is 1.03. The summed E-state index contributed by atoms with van der Waals surface area (Å²) in [6, 6.07) is 9.08. The van der Waals surface area contributed by atoms with Gasteiger partial charge in [0.05, 0.1) is 0 Å². The van der Waals surface area contributed by atoms with Gasteiger partial charge >= 0.3 is 0 Å². The summed E-state index contributed by atoms with van der Waals surface area (Å²) >= 11 is 3.35. The lowest BCUT2D eigenvalue weighted by atomic mass is 10.1. The highest BCUT2D eigenvalue weighted by Gasteiger charge is 2.11. The summed E-state index contributed by atoms with van der Waals surface area (Å²) in [6.07, 6.45) is 0. The summed E-state index contributed by atoms with van der Waals surface area (Å²) in [7, 11) is 0. The van der Waals surface area contributed by atoms with Crippen molar-refractivity contribution in [3.8, 4) is 0 Å². The smallest absolute Gasteiger partial charge is 0.174 e. The fraction of sp³-hybridized carbons (Fsp3) is 0.385. The molecule has 0 saturated heterocycles. The van der Waals surface area contributed by atoms with E-state index in [-0.39, 0.29) is 0 Å². The molecule has 3 nitrogen and oxygen atoms in total. The number of aryl methyl sites for hydroxylation is 1. The van der Waals surface area contributed by atoms with Gasteiger partial charge in [0.15, 0.2) is 4.34 Å². The lowest BCUT2D eigenvalue weighted by Gasteiger charge is -2.17. The summed E-state index contributed by atoms with van der Waals surface area (Å²) in [5, 5.41) is 11.4. The van der Waals surface area contributed by atoms with Crippen LogP contribution in [0.2, 0.25) is 0 Å². The van der Waals surface area contributed by atoms with Crippen LogP contribution in [-0.4, -0.2) is 22.5 Å². The summed E-state index contributed by atoms with van der Waals surface area (Å²) in [6.45, 7) is 5.22. The van der Waals surface area contributed by atoms with Crippen molar-refractivity contribution in [2.75, 3.05) is 12.3 Å². The fourth-order valence-corrected chi connectivity index (χ4v) is 3.31. The van der Waals surface area contributed by atoms with Gasteiger partial charge in [0.25, 0.3) is 0 Å². The van der Waals surface area contributed by atoms with E-state index in [0.29, 0.717) is 6.04 Å². The van der Waals surface area contributed by atoms with Crippen LogP contribution in [0.3, 0.4) is 0 Å². The predicted molar refractivity (Wildman–Crippen MR) is 78.2 cm³/mol. The number of hydrogen-bond acceptors (Lipinski definition) is 5. The van der Waals surface area contributed by atoms with Gasteiger partial charge in [0, 0.05) is 11.8 Å². The molecule has 2 rings (SSSR count). The third kappa shape index (κ3) is 3.80. The molecule has 96 valence electrons. The maximum atomic E-state index is 4.06. The molecule has 0 fully saturated rings. The number of rotatable bonds is 6. The molecule has 2 aromatic rings. The molecule has 1 heterocycles. The van der Waals surface area contributed by atoms with E-state index in [4.69, 9.17) is 0 Å². The molecule has 0 saturated carbocycles. The Kier molecular flexibility index (Phi) is 5.16. The molecule has 0 bridgehead atoms. The number of hydrogen-bond donors (Lipinski definition) is 1.